The molecule has 0 amide bonds. The van der Waals surface area contributed by atoms with Crippen LogP contribution in [-0.2, 0) is 13.1 Å². The van der Waals surface area contributed by atoms with Gasteiger partial charge in [-0.1, -0.05) is 24.3 Å². The minimum atomic E-state index is 0.655. The van der Waals surface area contributed by atoms with Crippen molar-refractivity contribution in [1.29, 1.82) is 0 Å². The summed E-state index contributed by atoms with van der Waals surface area (Å²) in [7, 11) is 1.78. The number of hydrogen-bond acceptors (Lipinski definition) is 4. The van der Waals surface area contributed by atoms with E-state index in [2.05, 4.69) is 43.7 Å². The highest BCUT2D eigenvalue weighted by Gasteiger charge is 2.13. The van der Waals surface area contributed by atoms with Gasteiger partial charge in [0.05, 0.1) is 6.61 Å². The molecule has 144 valence electrons. The molecule has 6 heteroatoms. The number of guanidine groups is 1. The summed E-state index contributed by atoms with van der Waals surface area (Å²) in [5.41, 5.74) is 2.24. The Morgan fingerprint density at radius 3 is 2.59 bits per heavy atom. The Bertz CT molecular complexity index is 738. The van der Waals surface area contributed by atoms with Gasteiger partial charge in [0.1, 0.15) is 11.6 Å². The molecule has 0 bridgehead atoms. The van der Waals surface area contributed by atoms with Crippen molar-refractivity contribution >= 4 is 11.8 Å². The van der Waals surface area contributed by atoms with Gasteiger partial charge in [0.2, 0.25) is 0 Å². The summed E-state index contributed by atoms with van der Waals surface area (Å²) in [5.74, 6) is 2.74. The molecular weight excluding hydrogens is 338 g/mol. The number of para-hydroxylation sites is 1. The van der Waals surface area contributed by atoms with Crippen molar-refractivity contribution in [3.63, 3.8) is 0 Å². The Kier molecular flexibility index (Phi) is 6.90. The fourth-order valence-electron chi connectivity index (χ4n) is 3.19. The predicted molar refractivity (Wildman–Crippen MR) is 110 cm³/mol. The standard InChI is InChI=1S/C21H29N5O/c1-3-27-19-9-5-4-8-18(19)16-25-21(22-2)24-15-17-10-11-20(23-14-17)26-12-6-7-13-26/h4-5,8-11,14H,3,6-7,12-13,15-16H2,1-2H3,(H2,22,24,25). The van der Waals surface area contributed by atoms with Crippen LogP contribution in [0.3, 0.4) is 0 Å². The number of rotatable bonds is 7. The van der Waals surface area contributed by atoms with Crippen LogP contribution in [0.1, 0.15) is 30.9 Å². The van der Waals surface area contributed by atoms with Gasteiger partial charge in [-0.3, -0.25) is 4.99 Å². The molecule has 1 aliphatic heterocycles. The van der Waals surface area contributed by atoms with E-state index in [-0.39, 0.29) is 0 Å². The zero-order chi connectivity index (χ0) is 18.9. The Morgan fingerprint density at radius 2 is 1.89 bits per heavy atom. The molecule has 2 aromatic rings. The summed E-state index contributed by atoms with van der Waals surface area (Å²) < 4.78 is 5.67. The van der Waals surface area contributed by atoms with Gasteiger partial charge < -0.3 is 20.3 Å². The van der Waals surface area contributed by atoms with Gasteiger partial charge >= 0.3 is 0 Å². The van der Waals surface area contributed by atoms with Crippen molar-refractivity contribution in [3.05, 3.63) is 53.7 Å². The van der Waals surface area contributed by atoms with Gasteiger partial charge in [0.15, 0.2) is 5.96 Å². The topological polar surface area (TPSA) is 61.8 Å². The lowest BCUT2D eigenvalue weighted by Crippen LogP contribution is -2.36. The molecule has 27 heavy (non-hydrogen) atoms. The second kappa shape index (κ2) is 9.80. The summed E-state index contributed by atoms with van der Waals surface area (Å²) in [4.78, 5) is 11.2. The number of benzene rings is 1. The lowest BCUT2D eigenvalue weighted by atomic mass is 10.2. The Morgan fingerprint density at radius 1 is 1.11 bits per heavy atom. The van der Waals surface area contributed by atoms with Crippen LogP contribution in [-0.4, -0.2) is 37.7 Å². The summed E-state index contributed by atoms with van der Waals surface area (Å²) in [6, 6.07) is 12.3. The van der Waals surface area contributed by atoms with Gasteiger partial charge in [-0.2, -0.15) is 0 Å². The fourth-order valence-corrected chi connectivity index (χ4v) is 3.19. The Hall–Kier alpha value is -2.76. The minimum Gasteiger partial charge on any atom is -0.494 e. The SMILES string of the molecule is CCOc1ccccc1CNC(=NC)NCc1ccc(N2CCCC2)nc1. The first-order chi connectivity index (χ1) is 13.3. The van der Waals surface area contributed by atoms with E-state index in [0.29, 0.717) is 19.7 Å². The van der Waals surface area contributed by atoms with Crippen LogP contribution in [0.25, 0.3) is 0 Å². The van der Waals surface area contributed by atoms with Crippen molar-refractivity contribution in [2.24, 2.45) is 4.99 Å². The molecular formula is C21H29N5O. The molecule has 0 spiro atoms. The third kappa shape index (κ3) is 5.36. The van der Waals surface area contributed by atoms with Crippen LogP contribution >= 0.6 is 0 Å². The predicted octanol–water partition coefficient (Wildman–Crippen LogP) is 2.95. The van der Waals surface area contributed by atoms with Crippen molar-refractivity contribution < 1.29 is 4.74 Å². The summed E-state index contributed by atoms with van der Waals surface area (Å²) in [6.45, 7) is 6.22. The van der Waals surface area contributed by atoms with Crippen molar-refractivity contribution in [2.45, 2.75) is 32.9 Å². The van der Waals surface area contributed by atoms with Gasteiger partial charge in [-0.15, -0.1) is 0 Å². The summed E-state index contributed by atoms with van der Waals surface area (Å²) in [6.07, 6.45) is 4.47. The lowest BCUT2D eigenvalue weighted by Gasteiger charge is -2.17. The van der Waals surface area contributed by atoms with E-state index in [0.717, 1.165) is 41.7 Å². The van der Waals surface area contributed by atoms with Crippen molar-refractivity contribution in [1.82, 2.24) is 15.6 Å². The number of ether oxygens (including phenoxy) is 1. The molecule has 0 radical (unpaired) electrons. The monoisotopic (exact) mass is 367 g/mol. The molecule has 0 saturated carbocycles. The van der Waals surface area contributed by atoms with E-state index < -0.39 is 0 Å². The average Bonchev–Trinajstić information content (AvgIpc) is 3.25. The molecule has 1 saturated heterocycles. The molecule has 1 aromatic carbocycles. The van der Waals surface area contributed by atoms with Crippen LogP contribution < -0.4 is 20.3 Å². The second-order valence-corrected chi connectivity index (χ2v) is 6.54. The third-order valence-electron chi connectivity index (χ3n) is 4.64. The summed E-state index contributed by atoms with van der Waals surface area (Å²) >= 11 is 0. The normalized spacial score (nSPS) is 14.3. The van der Waals surface area contributed by atoms with Gasteiger partial charge in [-0.05, 0) is 37.5 Å². The van der Waals surface area contributed by atoms with E-state index in [9.17, 15) is 0 Å². The molecule has 0 unspecified atom stereocenters. The maximum Gasteiger partial charge on any atom is 0.191 e. The first kappa shape index (κ1) is 19.0. The fraction of sp³-hybridized carbons (Fsp3) is 0.429. The van der Waals surface area contributed by atoms with Crippen LogP contribution in [0.2, 0.25) is 0 Å². The highest BCUT2D eigenvalue weighted by atomic mass is 16.5. The van der Waals surface area contributed by atoms with E-state index in [1.54, 1.807) is 7.05 Å². The number of hydrogen-bond donors (Lipinski definition) is 2. The number of pyridine rings is 1. The second-order valence-electron chi connectivity index (χ2n) is 6.54. The highest BCUT2D eigenvalue weighted by molar-refractivity contribution is 5.79. The van der Waals surface area contributed by atoms with Crippen LogP contribution in [0.4, 0.5) is 5.82 Å². The number of nitrogens with one attached hydrogen (secondary N) is 2. The molecule has 1 fully saturated rings. The third-order valence-corrected chi connectivity index (χ3v) is 4.64. The molecule has 6 nitrogen and oxygen atoms in total. The van der Waals surface area contributed by atoms with Crippen LogP contribution in [0.5, 0.6) is 5.75 Å². The maximum absolute atomic E-state index is 5.67. The van der Waals surface area contributed by atoms with Crippen molar-refractivity contribution in [3.8, 4) is 5.75 Å². The van der Waals surface area contributed by atoms with Crippen LogP contribution in [0, 0.1) is 0 Å². The minimum absolute atomic E-state index is 0.655. The Balaban J connectivity index is 1.50. The zero-order valence-corrected chi connectivity index (χ0v) is 16.2. The van der Waals surface area contributed by atoms with E-state index >= 15 is 0 Å². The molecule has 1 aliphatic rings. The Labute approximate surface area is 161 Å². The van der Waals surface area contributed by atoms with E-state index in [4.69, 9.17) is 4.74 Å². The molecule has 3 rings (SSSR count). The zero-order valence-electron chi connectivity index (χ0n) is 16.2. The average molecular weight is 367 g/mol. The molecule has 1 aromatic heterocycles. The number of aromatic nitrogens is 1. The smallest absolute Gasteiger partial charge is 0.191 e. The number of aliphatic imine (C=N–C) groups is 1. The quantitative estimate of drug-likeness (QED) is 0.582. The molecule has 2 heterocycles. The lowest BCUT2D eigenvalue weighted by molar-refractivity contribution is 0.336. The summed E-state index contributed by atoms with van der Waals surface area (Å²) in [5, 5.41) is 6.68. The first-order valence-electron chi connectivity index (χ1n) is 9.65. The van der Waals surface area contributed by atoms with E-state index in [1.807, 2.05) is 31.3 Å². The first-order valence-corrected chi connectivity index (χ1v) is 9.65. The van der Waals surface area contributed by atoms with Gasteiger partial charge in [-0.25, -0.2) is 4.98 Å². The maximum atomic E-state index is 5.67. The highest BCUT2D eigenvalue weighted by Crippen LogP contribution is 2.18. The van der Waals surface area contributed by atoms with Gasteiger partial charge in [0, 0.05) is 45.0 Å². The number of anilines is 1. The number of nitrogens with zero attached hydrogens (tertiary/aromatic N) is 3. The van der Waals surface area contributed by atoms with E-state index in [1.165, 1.54) is 12.8 Å². The van der Waals surface area contributed by atoms with Gasteiger partial charge in [0.25, 0.3) is 0 Å². The molecule has 0 atom stereocenters. The molecule has 0 aliphatic carbocycles. The van der Waals surface area contributed by atoms with Crippen LogP contribution in [0.15, 0.2) is 47.6 Å². The largest absolute Gasteiger partial charge is 0.494 e. The van der Waals surface area contributed by atoms with Crippen molar-refractivity contribution in [2.75, 3.05) is 31.6 Å². The molecule has 2 N–H and O–H groups in total.